The van der Waals surface area contributed by atoms with Crippen molar-refractivity contribution in [1.29, 1.82) is 0 Å². The number of methoxy groups -OCH3 is 1. The zero-order valence-corrected chi connectivity index (χ0v) is 22.7. The number of aliphatic carboxylic acids is 1. The molecule has 0 saturated carbocycles. The van der Waals surface area contributed by atoms with Gasteiger partial charge in [0.2, 0.25) is 0 Å². The minimum absolute atomic E-state index is 0.000709. The number of carbonyl (C=O) groups excluding carboxylic acids is 1. The number of aliphatic hydroxyl groups is 1. The summed E-state index contributed by atoms with van der Waals surface area (Å²) in [6.07, 6.45) is -0.00787. The Labute approximate surface area is 215 Å². The van der Waals surface area contributed by atoms with Crippen LogP contribution in [0.25, 0.3) is 0 Å². The van der Waals surface area contributed by atoms with E-state index in [0.29, 0.717) is 38.2 Å². The lowest BCUT2D eigenvalue weighted by atomic mass is 9.82. The minimum atomic E-state index is -1.07. The summed E-state index contributed by atoms with van der Waals surface area (Å²) < 4.78 is 16.1. The predicted molar refractivity (Wildman–Crippen MR) is 137 cm³/mol. The SMILES string of the molecule is COCCCOc1cc(CC(CC(NC(=O)OC(C)(C)C)C(O)CC(C)C(=O)O)C(C)C)ccc1O. The standard InChI is InChI=1S/C27H45NO8/c1-17(2)20(14-19-9-10-22(29)24(15-19)35-12-8-11-34-7)16-21(23(30)13-18(3)25(31)32)28-26(33)36-27(4,5)6/h9-10,15,17-18,20-21,23,29-30H,8,11-14,16H2,1-7H3,(H,28,33)(H,31,32). The number of carboxylic acid groups (broad SMARTS) is 1. The van der Waals surface area contributed by atoms with E-state index < -0.39 is 35.7 Å². The Kier molecular flexibility index (Phi) is 13.0. The molecule has 0 saturated heterocycles. The van der Waals surface area contributed by atoms with Crippen molar-refractivity contribution in [2.45, 2.75) is 85.0 Å². The number of hydrogen-bond acceptors (Lipinski definition) is 7. The molecule has 0 aliphatic rings. The number of phenolic OH excluding ortho intramolecular Hbond substituents is 1. The molecule has 0 aromatic heterocycles. The van der Waals surface area contributed by atoms with Crippen LogP contribution in [0.4, 0.5) is 4.79 Å². The van der Waals surface area contributed by atoms with Gasteiger partial charge in [0.15, 0.2) is 11.5 Å². The Bertz CT molecular complexity index is 820. The molecule has 0 heterocycles. The first-order chi connectivity index (χ1) is 16.7. The molecule has 4 N–H and O–H groups in total. The Morgan fingerprint density at radius 2 is 1.75 bits per heavy atom. The molecule has 4 atom stereocenters. The first kappa shape index (κ1) is 31.5. The molecule has 0 fully saturated rings. The summed E-state index contributed by atoms with van der Waals surface area (Å²) in [5, 5.41) is 33.1. The van der Waals surface area contributed by atoms with E-state index in [1.807, 2.05) is 6.07 Å². The van der Waals surface area contributed by atoms with Crippen LogP contribution in [-0.4, -0.2) is 65.5 Å². The number of alkyl carbamates (subject to hydrolysis) is 1. The van der Waals surface area contributed by atoms with Crippen LogP contribution in [0.1, 0.15) is 66.4 Å². The number of rotatable bonds is 15. The molecule has 4 unspecified atom stereocenters. The van der Waals surface area contributed by atoms with Crippen LogP contribution in [0.5, 0.6) is 11.5 Å². The second-order valence-electron chi connectivity index (χ2n) is 10.7. The van der Waals surface area contributed by atoms with E-state index in [1.54, 1.807) is 40.0 Å². The van der Waals surface area contributed by atoms with E-state index in [4.69, 9.17) is 14.2 Å². The van der Waals surface area contributed by atoms with Gasteiger partial charge < -0.3 is 34.8 Å². The molecule has 0 aliphatic heterocycles. The van der Waals surface area contributed by atoms with Gasteiger partial charge in [-0.05, 0) is 69.6 Å². The average molecular weight is 512 g/mol. The Morgan fingerprint density at radius 3 is 2.31 bits per heavy atom. The lowest BCUT2D eigenvalue weighted by Gasteiger charge is -2.32. The molecule has 0 aliphatic carbocycles. The van der Waals surface area contributed by atoms with Crippen LogP contribution in [0, 0.1) is 17.8 Å². The topological polar surface area (TPSA) is 135 Å². The number of nitrogens with one attached hydrogen (secondary N) is 1. The summed E-state index contributed by atoms with van der Waals surface area (Å²) in [5.74, 6) is -1.10. The van der Waals surface area contributed by atoms with E-state index in [-0.39, 0.29) is 24.0 Å². The highest BCUT2D eigenvalue weighted by Crippen LogP contribution is 2.31. The van der Waals surface area contributed by atoms with Crippen molar-refractivity contribution in [3.63, 3.8) is 0 Å². The van der Waals surface area contributed by atoms with Gasteiger partial charge in [-0.3, -0.25) is 4.79 Å². The molecule has 0 bridgehead atoms. The molecule has 1 rings (SSSR count). The summed E-state index contributed by atoms with van der Waals surface area (Å²) in [7, 11) is 1.62. The number of phenols is 1. The van der Waals surface area contributed by atoms with E-state index in [9.17, 15) is 24.9 Å². The number of benzene rings is 1. The van der Waals surface area contributed by atoms with Crippen LogP contribution >= 0.6 is 0 Å². The number of carboxylic acids is 1. The lowest BCUT2D eigenvalue weighted by molar-refractivity contribution is -0.142. The smallest absolute Gasteiger partial charge is 0.407 e. The largest absolute Gasteiger partial charge is 0.504 e. The molecule has 9 nitrogen and oxygen atoms in total. The highest BCUT2D eigenvalue weighted by Gasteiger charge is 2.31. The zero-order chi connectivity index (χ0) is 27.5. The third kappa shape index (κ3) is 11.9. The van der Waals surface area contributed by atoms with Gasteiger partial charge in [0.25, 0.3) is 0 Å². The molecular formula is C27H45NO8. The monoisotopic (exact) mass is 511 g/mol. The van der Waals surface area contributed by atoms with Crippen LogP contribution in [-0.2, 0) is 20.7 Å². The molecule has 9 heteroatoms. The fraction of sp³-hybridized carbons (Fsp3) is 0.704. The maximum Gasteiger partial charge on any atom is 0.407 e. The van der Waals surface area contributed by atoms with Gasteiger partial charge >= 0.3 is 12.1 Å². The Morgan fingerprint density at radius 1 is 1.08 bits per heavy atom. The van der Waals surface area contributed by atoms with Gasteiger partial charge in [-0.15, -0.1) is 0 Å². The fourth-order valence-corrected chi connectivity index (χ4v) is 3.81. The lowest BCUT2D eigenvalue weighted by Crippen LogP contribution is -2.47. The number of hydrogen-bond donors (Lipinski definition) is 4. The normalized spacial score (nSPS) is 15.1. The van der Waals surface area contributed by atoms with Crippen LogP contribution in [0.2, 0.25) is 0 Å². The number of ether oxygens (including phenoxy) is 3. The summed E-state index contributed by atoms with van der Waals surface area (Å²) in [6.45, 7) is 11.9. The van der Waals surface area contributed by atoms with Gasteiger partial charge in [-0.25, -0.2) is 4.79 Å². The summed E-state index contributed by atoms with van der Waals surface area (Å²) in [5.41, 5.74) is 0.231. The third-order valence-corrected chi connectivity index (χ3v) is 5.96. The van der Waals surface area contributed by atoms with E-state index >= 15 is 0 Å². The van der Waals surface area contributed by atoms with E-state index in [2.05, 4.69) is 19.2 Å². The average Bonchev–Trinajstić information content (AvgIpc) is 2.75. The highest BCUT2D eigenvalue weighted by molar-refractivity contribution is 5.70. The molecule has 0 spiro atoms. The number of amides is 1. The van der Waals surface area contributed by atoms with Crippen molar-refractivity contribution in [1.82, 2.24) is 5.32 Å². The maximum atomic E-state index is 12.5. The molecular weight excluding hydrogens is 466 g/mol. The van der Waals surface area contributed by atoms with Gasteiger partial charge in [0.05, 0.1) is 24.7 Å². The molecule has 36 heavy (non-hydrogen) atoms. The molecule has 1 aromatic rings. The second kappa shape index (κ2) is 14.9. The first-order valence-electron chi connectivity index (χ1n) is 12.6. The Balaban J connectivity index is 3.05. The molecule has 1 aromatic carbocycles. The van der Waals surface area contributed by atoms with Gasteiger partial charge in [-0.2, -0.15) is 0 Å². The van der Waals surface area contributed by atoms with Gasteiger partial charge in [0, 0.05) is 20.1 Å². The van der Waals surface area contributed by atoms with Crippen molar-refractivity contribution in [2.75, 3.05) is 20.3 Å². The van der Waals surface area contributed by atoms with Crippen molar-refractivity contribution < 1.29 is 39.1 Å². The minimum Gasteiger partial charge on any atom is -0.504 e. The molecule has 206 valence electrons. The maximum absolute atomic E-state index is 12.5. The molecule has 0 radical (unpaired) electrons. The second-order valence-corrected chi connectivity index (χ2v) is 10.7. The van der Waals surface area contributed by atoms with Gasteiger partial charge in [0.1, 0.15) is 5.60 Å². The zero-order valence-electron chi connectivity index (χ0n) is 22.7. The summed E-state index contributed by atoms with van der Waals surface area (Å²) in [6, 6.07) is 4.52. The van der Waals surface area contributed by atoms with Crippen molar-refractivity contribution in [3.05, 3.63) is 23.8 Å². The van der Waals surface area contributed by atoms with Crippen LogP contribution in [0.15, 0.2) is 18.2 Å². The number of aromatic hydroxyl groups is 1. The molecule has 1 amide bonds. The van der Waals surface area contributed by atoms with Gasteiger partial charge in [-0.1, -0.05) is 26.8 Å². The third-order valence-electron chi connectivity index (χ3n) is 5.96. The van der Waals surface area contributed by atoms with Crippen molar-refractivity contribution in [3.8, 4) is 11.5 Å². The van der Waals surface area contributed by atoms with Crippen molar-refractivity contribution >= 4 is 12.1 Å². The highest BCUT2D eigenvalue weighted by atomic mass is 16.6. The van der Waals surface area contributed by atoms with E-state index in [0.717, 1.165) is 5.56 Å². The fourth-order valence-electron chi connectivity index (χ4n) is 3.81. The number of aliphatic hydroxyl groups excluding tert-OH is 1. The van der Waals surface area contributed by atoms with Crippen LogP contribution < -0.4 is 10.1 Å². The predicted octanol–water partition coefficient (Wildman–Crippen LogP) is 4.38. The first-order valence-corrected chi connectivity index (χ1v) is 12.6. The van der Waals surface area contributed by atoms with E-state index in [1.165, 1.54) is 6.92 Å². The number of carbonyl (C=O) groups is 2. The van der Waals surface area contributed by atoms with Crippen LogP contribution in [0.3, 0.4) is 0 Å². The van der Waals surface area contributed by atoms with Crippen molar-refractivity contribution in [2.24, 2.45) is 17.8 Å². The summed E-state index contributed by atoms with van der Waals surface area (Å²) in [4.78, 5) is 23.9. The quantitative estimate of drug-likeness (QED) is 0.255. The Hall–Kier alpha value is -2.52. The summed E-state index contributed by atoms with van der Waals surface area (Å²) >= 11 is 0.